The van der Waals surface area contributed by atoms with E-state index in [0.717, 1.165) is 6.42 Å². The molecule has 27 heavy (non-hydrogen) atoms. The molecule has 0 unspecified atom stereocenters. The molecule has 1 fully saturated rings. The lowest BCUT2D eigenvalue weighted by Crippen LogP contribution is -2.43. The molecule has 1 aliphatic heterocycles. The molecular weight excluding hydrogens is 350 g/mol. The Bertz CT molecular complexity index is 738. The number of nitrogens with zero attached hydrogens (tertiary/aromatic N) is 7. The monoisotopic (exact) mass is 373 g/mol. The number of hydrogen-bond acceptors (Lipinski definition) is 8. The van der Waals surface area contributed by atoms with Crippen LogP contribution in [0.4, 0.5) is 0 Å². The van der Waals surface area contributed by atoms with E-state index in [-0.39, 0.29) is 29.6 Å². The zero-order valence-corrected chi connectivity index (χ0v) is 15.2. The van der Waals surface area contributed by atoms with E-state index in [9.17, 15) is 9.59 Å². The van der Waals surface area contributed by atoms with Crippen LogP contribution in [0.15, 0.2) is 24.9 Å². The highest BCUT2D eigenvalue weighted by Gasteiger charge is 2.37. The fraction of sp³-hybridized carbons (Fsp3) is 0.562. The highest BCUT2D eigenvalue weighted by atomic mass is 16.2. The van der Waals surface area contributed by atoms with Gasteiger partial charge in [0, 0.05) is 44.6 Å². The molecule has 0 bridgehead atoms. The fourth-order valence-electron chi connectivity index (χ4n) is 3.21. The third-order valence-electron chi connectivity index (χ3n) is 4.41. The molecule has 11 heteroatoms. The summed E-state index contributed by atoms with van der Waals surface area (Å²) in [6.07, 6.45) is 7.34. The molecule has 2 aromatic rings. The molecule has 2 N–H and O–H groups in total. The first kappa shape index (κ1) is 18.8. The van der Waals surface area contributed by atoms with Crippen molar-refractivity contribution in [2.45, 2.75) is 38.4 Å². The topological polar surface area (TPSA) is 131 Å². The number of carbonyl (C=O) groups excluding carboxylic acids is 2. The Balaban J connectivity index is 1.58. The molecule has 144 valence electrons. The highest BCUT2D eigenvalue weighted by molar-refractivity contribution is 5.92. The Morgan fingerprint density at radius 1 is 1.30 bits per heavy atom. The van der Waals surface area contributed by atoms with Crippen LogP contribution < -0.4 is 10.6 Å². The Kier molecular flexibility index (Phi) is 6.36. The van der Waals surface area contributed by atoms with E-state index in [1.807, 2.05) is 6.92 Å². The number of likely N-dealkylation sites (N-methyl/N-ethyl adjacent to an activating group) is 1. The van der Waals surface area contributed by atoms with Crippen molar-refractivity contribution in [3.05, 3.63) is 30.6 Å². The molecule has 3 rings (SSSR count). The van der Waals surface area contributed by atoms with Crippen molar-refractivity contribution < 1.29 is 9.59 Å². The molecule has 0 aliphatic carbocycles. The van der Waals surface area contributed by atoms with Gasteiger partial charge in [0.05, 0.1) is 12.2 Å². The molecule has 0 spiro atoms. The lowest BCUT2D eigenvalue weighted by Gasteiger charge is -2.23. The zero-order valence-electron chi connectivity index (χ0n) is 15.2. The van der Waals surface area contributed by atoms with Crippen molar-refractivity contribution in [3.8, 4) is 0 Å². The summed E-state index contributed by atoms with van der Waals surface area (Å²) in [5.41, 5.74) is 0.268. The summed E-state index contributed by atoms with van der Waals surface area (Å²) < 4.78 is 1.66. The molecule has 0 radical (unpaired) electrons. The van der Waals surface area contributed by atoms with E-state index in [1.54, 1.807) is 11.0 Å². The van der Waals surface area contributed by atoms with E-state index in [0.29, 0.717) is 32.6 Å². The summed E-state index contributed by atoms with van der Waals surface area (Å²) in [5.74, 6) is -0.297. The van der Waals surface area contributed by atoms with Crippen molar-refractivity contribution in [1.82, 2.24) is 45.7 Å². The maximum Gasteiger partial charge on any atom is 0.271 e. The van der Waals surface area contributed by atoms with Gasteiger partial charge in [-0.15, -0.1) is 5.10 Å². The van der Waals surface area contributed by atoms with Gasteiger partial charge in [0.1, 0.15) is 12.0 Å². The summed E-state index contributed by atoms with van der Waals surface area (Å²) in [7, 11) is 0. The van der Waals surface area contributed by atoms with Crippen molar-refractivity contribution in [1.29, 1.82) is 0 Å². The third kappa shape index (κ3) is 5.03. The molecule has 2 aromatic heterocycles. The SMILES string of the molecule is CCNC(=O)[C@@H]1C[C@H](NC(=O)c2cnccn2)CN1CCCn1cnnn1. The standard InChI is InChI=1S/C16H23N9O2/c1-2-18-16(27)14-8-12(21-15(26)13-9-17-4-5-19-13)10-24(14)6-3-7-25-11-20-22-23-25/h4-5,9,11-12,14H,2-3,6-8,10H2,1H3,(H,18,27)(H,21,26)/t12-,14-/m0/s1. The summed E-state index contributed by atoms with van der Waals surface area (Å²) in [6.45, 7) is 4.44. The van der Waals surface area contributed by atoms with Crippen molar-refractivity contribution in [2.24, 2.45) is 0 Å². The van der Waals surface area contributed by atoms with Crippen molar-refractivity contribution in [2.75, 3.05) is 19.6 Å². The Labute approximate surface area is 156 Å². The molecular formula is C16H23N9O2. The number of rotatable bonds is 8. The van der Waals surface area contributed by atoms with Gasteiger partial charge in [-0.05, 0) is 30.2 Å². The van der Waals surface area contributed by atoms with E-state index in [2.05, 4.69) is 41.0 Å². The molecule has 2 amide bonds. The quantitative estimate of drug-likeness (QED) is 0.594. The van der Waals surface area contributed by atoms with E-state index >= 15 is 0 Å². The normalized spacial score (nSPS) is 19.7. The van der Waals surface area contributed by atoms with Gasteiger partial charge in [0.2, 0.25) is 5.91 Å². The van der Waals surface area contributed by atoms with Crippen LogP contribution in [0.3, 0.4) is 0 Å². The molecule has 11 nitrogen and oxygen atoms in total. The van der Waals surface area contributed by atoms with Crippen molar-refractivity contribution in [3.63, 3.8) is 0 Å². The maximum absolute atomic E-state index is 12.4. The number of likely N-dealkylation sites (tertiary alicyclic amines) is 1. The number of nitrogens with one attached hydrogen (secondary N) is 2. The van der Waals surface area contributed by atoms with Crippen LogP contribution in [0.2, 0.25) is 0 Å². The van der Waals surface area contributed by atoms with Gasteiger partial charge in [-0.3, -0.25) is 19.5 Å². The molecule has 3 heterocycles. The van der Waals surface area contributed by atoms with Gasteiger partial charge in [-0.25, -0.2) is 9.67 Å². The Morgan fingerprint density at radius 2 is 2.19 bits per heavy atom. The number of aromatic nitrogens is 6. The molecule has 0 aromatic carbocycles. The van der Waals surface area contributed by atoms with Gasteiger partial charge in [0.25, 0.3) is 5.91 Å². The minimum absolute atomic E-state index is 0.0174. The highest BCUT2D eigenvalue weighted by Crippen LogP contribution is 2.19. The minimum Gasteiger partial charge on any atom is -0.355 e. The first-order chi connectivity index (χ1) is 13.2. The zero-order chi connectivity index (χ0) is 19.1. The molecule has 0 saturated carbocycles. The lowest BCUT2D eigenvalue weighted by molar-refractivity contribution is -0.125. The fourth-order valence-corrected chi connectivity index (χ4v) is 3.21. The molecule has 1 aliphatic rings. The first-order valence-electron chi connectivity index (χ1n) is 8.96. The van der Waals surface area contributed by atoms with Gasteiger partial charge in [-0.1, -0.05) is 0 Å². The van der Waals surface area contributed by atoms with Gasteiger partial charge in [-0.2, -0.15) is 0 Å². The Morgan fingerprint density at radius 3 is 2.89 bits per heavy atom. The Hall–Kier alpha value is -2.95. The van der Waals surface area contributed by atoms with Crippen LogP contribution in [0, 0.1) is 0 Å². The number of carbonyl (C=O) groups is 2. The number of tetrazole rings is 1. The number of aryl methyl sites for hydroxylation is 1. The van der Waals surface area contributed by atoms with Crippen LogP contribution in [0.1, 0.15) is 30.3 Å². The van der Waals surface area contributed by atoms with E-state index in [4.69, 9.17) is 0 Å². The second kappa shape index (κ2) is 9.12. The summed E-state index contributed by atoms with van der Waals surface area (Å²) in [5, 5.41) is 16.9. The molecule has 1 saturated heterocycles. The summed E-state index contributed by atoms with van der Waals surface area (Å²) in [6, 6.07) is -0.397. The first-order valence-corrected chi connectivity index (χ1v) is 8.96. The van der Waals surface area contributed by atoms with Crippen LogP contribution >= 0.6 is 0 Å². The molecule has 2 atom stereocenters. The average Bonchev–Trinajstić information content (AvgIpc) is 3.33. The third-order valence-corrected chi connectivity index (χ3v) is 4.41. The van der Waals surface area contributed by atoms with Crippen LogP contribution in [-0.4, -0.2) is 78.6 Å². The largest absolute Gasteiger partial charge is 0.355 e. The predicted octanol–water partition coefficient (Wildman–Crippen LogP) is -1.14. The number of amides is 2. The van der Waals surface area contributed by atoms with Gasteiger partial charge in [0.15, 0.2) is 0 Å². The van der Waals surface area contributed by atoms with Crippen molar-refractivity contribution >= 4 is 11.8 Å². The van der Waals surface area contributed by atoms with E-state index in [1.165, 1.54) is 18.6 Å². The van der Waals surface area contributed by atoms with Gasteiger partial charge >= 0.3 is 0 Å². The van der Waals surface area contributed by atoms with Crippen LogP contribution in [0.5, 0.6) is 0 Å². The van der Waals surface area contributed by atoms with Crippen LogP contribution in [0.25, 0.3) is 0 Å². The number of hydrogen-bond donors (Lipinski definition) is 2. The lowest BCUT2D eigenvalue weighted by atomic mass is 10.1. The van der Waals surface area contributed by atoms with E-state index < -0.39 is 0 Å². The second-order valence-electron chi connectivity index (χ2n) is 6.33. The summed E-state index contributed by atoms with van der Waals surface area (Å²) >= 11 is 0. The average molecular weight is 373 g/mol. The minimum atomic E-state index is -0.279. The predicted molar refractivity (Wildman–Crippen MR) is 94.4 cm³/mol. The maximum atomic E-state index is 12.4. The summed E-state index contributed by atoms with van der Waals surface area (Å²) in [4.78, 5) is 34.8. The van der Waals surface area contributed by atoms with Gasteiger partial charge < -0.3 is 10.6 Å². The smallest absolute Gasteiger partial charge is 0.271 e. The second-order valence-corrected chi connectivity index (χ2v) is 6.33. The van der Waals surface area contributed by atoms with Crippen LogP contribution in [-0.2, 0) is 11.3 Å².